The molecule has 0 N–H and O–H groups in total. The van der Waals surface area contributed by atoms with Gasteiger partial charge in [0.2, 0.25) is 5.91 Å². The maximum absolute atomic E-state index is 12.8. The monoisotopic (exact) mass is 452 g/mol. The summed E-state index contributed by atoms with van der Waals surface area (Å²) in [5.41, 5.74) is 0.927. The molecule has 5 nitrogen and oxygen atoms in total. The number of hydrogen-bond donors (Lipinski definition) is 0. The maximum Gasteiger partial charge on any atom is 0.232 e. The predicted molar refractivity (Wildman–Crippen MR) is 115 cm³/mol. The molecule has 152 valence electrons. The van der Waals surface area contributed by atoms with Crippen molar-refractivity contribution in [1.82, 2.24) is 9.80 Å². The van der Waals surface area contributed by atoms with E-state index in [0.717, 1.165) is 18.5 Å². The van der Waals surface area contributed by atoms with Gasteiger partial charge in [-0.3, -0.25) is 4.79 Å². The lowest BCUT2D eigenvalue weighted by Gasteiger charge is -2.24. The Morgan fingerprint density at radius 1 is 1.22 bits per heavy atom. The van der Waals surface area contributed by atoms with Crippen LogP contribution < -0.4 is 0 Å². The number of halogens is 2. The molecule has 2 rings (SSSR count). The fourth-order valence-electron chi connectivity index (χ4n) is 2.90. The molecule has 1 heterocycles. The molecule has 1 amide bonds. The number of nitrogens with zero attached hydrogens (tertiary/aromatic N) is 2. The minimum absolute atomic E-state index is 0.0209. The van der Waals surface area contributed by atoms with Gasteiger partial charge in [-0.15, -0.1) is 11.8 Å². The lowest BCUT2D eigenvalue weighted by atomic mass is 10.2. The Hall–Kier alpha value is -0.470. The Kier molecular flexibility index (Phi) is 8.74. The minimum Gasteiger partial charge on any atom is -0.338 e. The van der Waals surface area contributed by atoms with Gasteiger partial charge >= 0.3 is 0 Å². The Morgan fingerprint density at radius 3 is 2.56 bits per heavy atom. The second-order valence-corrected chi connectivity index (χ2v) is 11.4. The third-order valence-electron chi connectivity index (χ3n) is 4.38. The first-order chi connectivity index (χ1) is 12.7. The molecule has 27 heavy (non-hydrogen) atoms. The standard InChI is InChI=1S/C18H26Cl2N2O3S2/c1-21(2)7-3-8-22(11-14-4-5-16(19)17(20)10-14)18(23)12-26-15-6-9-27(24,25)13-15/h4-5,10,15H,3,6-9,11-13H2,1-2H3. The SMILES string of the molecule is CN(C)CCCN(Cc1ccc(Cl)c(Cl)c1)C(=O)CSC1CCS(=O)(=O)C1. The van der Waals surface area contributed by atoms with E-state index in [1.54, 1.807) is 12.1 Å². The lowest BCUT2D eigenvalue weighted by Crippen LogP contribution is -2.34. The molecule has 0 spiro atoms. The normalized spacial score (nSPS) is 18.8. The number of rotatable bonds is 9. The summed E-state index contributed by atoms with van der Waals surface area (Å²) in [6, 6.07) is 5.39. The van der Waals surface area contributed by atoms with Crippen LogP contribution in [0, 0.1) is 0 Å². The number of sulfone groups is 1. The van der Waals surface area contributed by atoms with Crippen LogP contribution in [0.25, 0.3) is 0 Å². The average Bonchev–Trinajstić information content (AvgIpc) is 2.93. The third kappa shape index (κ3) is 7.81. The van der Waals surface area contributed by atoms with E-state index < -0.39 is 9.84 Å². The number of carbonyl (C=O) groups is 1. The van der Waals surface area contributed by atoms with Crippen LogP contribution in [-0.2, 0) is 21.2 Å². The van der Waals surface area contributed by atoms with Crippen molar-refractivity contribution in [2.45, 2.75) is 24.6 Å². The zero-order valence-corrected chi connectivity index (χ0v) is 18.8. The van der Waals surface area contributed by atoms with Gasteiger partial charge in [0.05, 0.1) is 27.3 Å². The fourth-order valence-corrected chi connectivity index (χ4v) is 6.77. The molecular weight excluding hydrogens is 427 g/mol. The highest BCUT2D eigenvalue weighted by molar-refractivity contribution is 8.02. The zero-order valence-electron chi connectivity index (χ0n) is 15.7. The van der Waals surface area contributed by atoms with Crippen LogP contribution >= 0.6 is 35.0 Å². The smallest absolute Gasteiger partial charge is 0.232 e. The zero-order chi connectivity index (χ0) is 20.0. The summed E-state index contributed by atoms with van der Waals surface area (Å²) in [4.78, 5) is 16.7. The molecule has 0 bridgehead atoms. The summed E-state index contributed by atoms with van der Waals surface area (Å²) in [7, 11) is 1.08. The molecule has 1 aliphatic rings. The summed E-state index contributed by atoms with van der Waals surface area (Å²) in [6.45, 7) is 1.99. The van der Waals surface area contributed by atoms with Crippen molar-refractivity contribution in [3.05, 3.63) is 33.8 Å². The minimum atomic E-state index is -2.92. The van der Waals surface area contributed by atoms with Crippen molar-refractivity contribution in [3.8, 4) is 0 Å². The Balaban J connectivity index is 1.97. The molecule has 1 unspecified atom stereocenters. The summed E-state index contributed by atoms with van der Waals surface area (Å²) in [5.74, 6) is 0.727. The van der Waals surface area contributed by atoms with Gasteiger partial charge in [0, 0.05) is 18.3 Å². The van der Waals surface area contributed by atoms with Crippen LogP contribution in [0.4, 0.5) is 0 Å². The molecule has 1 atom stereocenters. The van der Waals surface area contributed by atoms with Gasteiger partial charge in [-0.25, -0.2) is 8.42 Å². The molecule has 0 aromatic heterocycles. The van der Waals surface area contributed by atoms with Crippen molar-refractivity contribution in [1.29, 1.82) is 0 Å². The molecule has 1 aliphatic heterocycles. The first kappa shape index (κ1) is 22.8. The van der Waals surface area contributed by atoms with E-state index in [1.807, 2.05) is 25.1 Å². The van der Waals surface area contributed by atoms with Gasteiger partial charge < -0.3 is 9.80 Å². The van der Waals surface area contributed by atoms with Crippen molar-refractivity contribution in [3.63, 3.8) is 0 Å². The molecule has 1 saturated heterocycles. The van der Waals surface area contributed by atoms with Crippen molar-refractivity contribution < 1.29 is 13.2 Å². The van der Waals surface area contributed by atoms with Gasteiger partial charge in [-0.2, -0.15) is 0 Å². The highest BCUT2D eigenvalue weighted by atomic mass is 35.5. The Morgan fingerprint density at radius 2 is 1.96 bits per heavy atom. The topological polar surface area (TPSA) is 57.7 Å². The summed E-state index contributed by atoms with van der Waals surface area (Å²) >= 11 is 13.5. The number of carbonyl (C=O) groups excluding carboxylic acids is 1. The lowest BCUT2D eigenvalue weighted by molar-refractivity contribution is -0.129. The van der Waals surface area contributed by atoms with Gasteiger partial charge in [0.25, 0.3) is 0 Å². The van der Waals surface area contributed by atoms with Gasteiger partial charge in [-0.1, -0.05) is 29.3 Å². The summed E-state index contributed by atoms with van der Waals surface area (Å²) in [6.07, 6.45) is 1.50. The molecule has 0 aliphatic carbocycles. The maximum atomic E-state index is 12.8. The molecule has 1 fully saturated rings. The molecule has 0 saturated carbocycles. The largest absolute Gasteiger partial charge is 0.338 e. The van der Waals surface area contributed by atoms with Crippen LogP contribution in [0.15, 0.2) is 18.2 Å². The van der Waals surface area contributed by atoms with E-state index in [9.17, 15) is 13.2 Å². The van der Waals surface area contributed by atoms with E-state index >= 15 is 0 Å². The van der Waals surface area contributed by atoms with Gasteiger partial charge in [0.1, 0.15) is 0 Å². The first-order valence-electron chi connectivity index (χ1n) is 8.85. The van der Waals surface area contributed by atoms with Crippen LogP contribution in [0.2, 0.25) is 10.0 Å². The van der Waals surface area contributed by atoms with E-state index in [4.69, 9.17) is 23.2 Å². The van der Waals surface area contributed by atoms with Crippen molar-refractivity contribution in [2.75, 3.05) is 44.4 Å². The number of hydrogen-bond acceptors (Lipinski definition) is 5. The highest BCUT2D eigenvalue weighted by Crippen LogP contribution is 2.26. The second kappa shape index (κ2) is 10.3. The predicted octanol–water partition coefficient (Wildman–Crippen LogP) is 3.19. The quantitative estimate of drug-likeness (QED) is 0.575. The summed E-state index contributed by atoms with van der Waals surface area (Å²) in [5, 5.41) is 0.983. The fraction of sp³-hybridized carbons (Fsp3) is 0.611. The average molecular weight is 453 g/mol. The molecular formula is C18H26Cl2N2O3S2. The highest BCUT2D eigenvalue weighted by Gasteiger charge is 2.29. The van der Waals surface area contributed by atoms with E-state index in [2.05, 4.69) is 4.90 Å². The first-order valence-corrected chi connectivity index (χ1v) is 12.5. The second-order valence-electron chi connectivity index (χ2n) is 7.06. The van der Waals surface area contributed by atoms with Gasteiger partial charge in [0.15, 0.2) is 9.84 Å². The molecule has 1 aromatic rings. The van der Waals surface area contributed by atoms with Crippen LogP contribution in [-0.4, -0.2) is 73.8 Å². The number of amides is 1. The number of thioether (sulfide) groups is 1. The van der Waals surface area contributed by atoms with Crippen LogP contribution in [0.3, 0.4) is 0 Å². The van der Waals surface area contributed by atoms with E-state index in [-0.39, 0.29) is 22.7 Å². The van der Waals surface area contributed by atoms with Crippen LogP contribution in [0.1, 0.15) is 18.4 Å². The summed E-state index contributed by atoms with van der Waals surface area (Å²) < 4.78 is 23.2. The third-order valence-corrected chi connectivity index (χ3v) is 8.38. The number of benzene rings is 1. The molecule has 0 radical (unpaired) electrons. The van der Waals surface area contributed by atoms with E-state index in [1.165, 1.54) is 11.8 Å². The molecule has 1 aromatic carbocycles. The van der Waals surface area contributed by atoms with Crippen molar-refractivity contribution in [2.24, 2.45) is 0 Å². The molecule has 9 heteroatoms. The Labute approximate surface area is 176 Å². The van der Waals surface area contributed by atoms with Crippen LogP contribution in [0.5, 0.6) is 0 Å². The van der Waals surface area contributed by atoms with E-state index in [0.29, 0.717) is 35.3 Å². The Bertz CT molecular complexity index is 757. The van der Waals surface area contributed by atoms with Gasteiger partial charge in [-0.05, 0) is 51.2 Å². The van der Waals surface area contributed by atoms with Crippen molar-refractivity contribution >= 4 is 50.7 Å².